The summed E-state index contributed by atoms with van der Waals surface area (Å²) in [5.74, 6) is -0.436. The molecule has 0 amide bonds. The van der Waals surface area contributed by atoms with Crippen molar-refractivity contribution in [2.75, 3.05) is 0 Å². The Morgan fingerprint density at radius 2 is 1.79 bits per heavy atom. The first-order valence-corrected chi connectivity index (χ1v) is 15.2. The van der Waals surface area contributed by atoms with E-state index >= 15 is 0 Å². The average molecular weight is 529 g/mol. The lowest BCUT2D eigenvalue weighted by Gasteiger charge is -2.52. The first kappa shape index (κ1) is 26.0. The van der Waals surface area contributed by atoms with Crippen molar-refractivity contribution in [3.63, 3.8) is 0 Å². The molecule has 4 bridgehead atoms. The maximum Gasteiger partial charge on any atom is 0.303 e. The molecule has 212 valence electrons. The molecule has 0 aromatic heterocycles. The van der Waals surface area contributed by atoms with E-state index in [1.54, 1.807) is 5.57 Å². The fourth-order valence-electron chi connectivity index (χ4n) is 11.7. The molecule has 7 aliphatic rings. The number of esters is 1. The van der Waals surface area contributed by atoms with Gasteiger partial charge in [-0.2, -0.15) is 0 Å². The van der Waals surface area contributed by atoms with Crippen LogP contribution in [-0.2, 0) is 23.7 Å². The number of ether oxygens (including phenoxy) is 4. The third kappa shape index (κ3) is 2.82. The van der Waals surface area contributed by atoms with E-state index in [1.807, 2.05) is 13.8 Å². The summed E-state index contributed by atoms with van der Waals surface area (Å²) in [6, 6.07) is 0. The number of carbonyl (C=O) groups is 1. The van der Waals surface area contributed by atoms with Crippen LogP contribution in [0.3, 0.4) is 0 Å². The minimum atomic E-state index is -1.08. The number of hydrogen-bond acceptors (Lipinski definition) is 6. The molecule has 0 unspecified atom stereocenters. The molecule has 5 fully saturated rings. The van der Waals surface area contributed by atoms with Crippen molar-refractivity contribution < 1.29 is 28.8 Å². The van der Waals surface area contributed by atoms with Crippen molar-refractivity contribution in [3.8, 4) is 0 Å². The lowest BCUT2D eigenvalue weighted by molar-refractivity contribution is -0.280. The van der Waals surface area contributed by atoms with Gasteiger partial charge in [0, 0.05) is 18.3 Å². The van der Waals surface area contributed by atoms with Crippen LogP contribution in [0, 0.1) is 34.0 Å². The van der Waals surface area contributed by atoms with E-state index in [1.165, 1.54) is 25.3 Å². The highest BCUT2D eigenvalue weighted by atomic mass is 16.8. The molecule has 6 nitrogen and oxygen atoms in total. The summed E-state index contributed by atoms with van der Waals surface area (Å²) in [4.78, 5) is 12.0. The molecule has 7 rings (SSSR count). The molecule has 4 saturated heterocycles. The zero-order valence-corrected chi connectivity index (χ0v) is 24.7. The van der Waals surface area contributed by atoms with E-state index in [0.717, 1.165) is 38.5 Å². The number of hydrogen-bond donors (Lipinski definition) is 1. The molecule has 11 atom stereocenters. The topological polar surface area (TPSA) is 74.2 Å². The minimum Gasteiger partial charge on any atom is -0.457 e. The van der Waals surface area contributed by atoms with E-state index in [2.05, 4.69) is 34.6 Å². The number of fused-ring (bicyclic) bond motifs is 5. The van der Waals surface area contributed by atoms with Gasteiger partial charge in [-0.15, -0.1) is 0 Å². The molecular weight excluding hydrogens is 480 g/mol. The van der Waals surface area contributed by atoms with Crippen LogP contribution in [0.4, 0.5) is 0 Å². The molecule has 4 aliphatic heterocycles. The van der Waals surface area contributed by atoms with Crippen LogP contribution in [-0.4, -0.2) is 52.5 Å². The summed E-state index contributed by atoms with van der Waals surface area (Å²) in [5, 5.41) is 12.5. The molecule has 1 saturated carbocycles. The number of aliphatic hydroxyl groups is 1. The van der Waals surface area contributed by atoms with E-state index in [9.17, 15) is 9.90 Å². The van der Waals surface area contributed by atoms with Gasteiger partial charge in [-0.1, -0.05) is 45.8 Å². The molecule has 0 aromatic carbocycles. The van der Waals surface area contributed by atoms with E-state index in [-0.39, 0.29) is 34.4 Å². The predicted octanol–water partition coefficient (Wildman–Crippen LogP) is 5.70. The van der Waals surface area contributed by atoms with Gasteiger partial charge < -0.3 is 24.1 Å². The second kappa shape index (κ2) is 7.46. The molecule has 3 aliphatic carbocycles. The van der Waals surface area contributed by atoms with Gasteiger partial charge in [0.2, 0.25) is 0 Å². The lowest BCUT2D eigenvalue weighted by atomic mass is 9.52. The molecule has 1 N–H and O–H groups in total. The molecule has 2 spiro atoms. The summed E-state index contributed by atoms with van der Waals surface area (Å²) in [7, 11) is 0. The van der Waals surface area contributed by atoms with Crippen molar-refractivity contribution in [2.45, 2.75) is 148 Å². The SMILES string of the molecule is CC(=O)OC(C)(C)[C@H]1O[C@@]23O[C@@H]1C[C@@H](C)[C@@H]2[C@@]1(C)CCC2=C(CC[C@@H]4C(C)(C)[C@@H]5CC[C@@]4(C2)O5)[C@]1(C)[C@H]3O. The monoisotopic (exact) mass is 528 g/mol. The van der Waals surface area contributed by atoms with Crippen molar-refractivity contribution >= 4 is 5.97 Å². The van der Waals surface area contributed by atoms with Gasteiger partial charge in [-0.25, -0.2) is 0 Å². The number of aliphatic hydroxyl groups excluding tert-OH is 1. The van der Waals surface area contributed by atoms with Crippen LogP contribution in [0.15, 0.2) is 11.1 Å². The van der Waals surface area contributed by atoms with Crippen LogP contribution >= 0.6 is 0 Å². The second-order valence-electron chi connectivity index (χ2n) is 15.7. The fraction of sp³-hybridized carbons (Fsp3) is 0.906. The van der Waals surface area contributed by atoms with Crippen molar-refractivity contribution in [1.29, 1.82) is 0 Å². The van der Waals surface area contributed by atoms with Gasteiger partial charge in [0.05, 0.1) is 17.8 Å². The van der Waals surface area contributed by atoms with E-state index in [4.69, 9.17) is 18.9 Å². The van der Waals surface area contributed by atoms with E-state index < -0.39 is 29.0 Å². The molecule has 0 aromatic rings. The largest absolute Gasteiger partial charge is 0.457 e. The van der Waals surface area contributed by atoms with Crippen LogP contribution < -0.4 is 0 Å². The van der Waals surface area contributed by atoms with E-state index in [0.29, 0.717) is 17.9 Å². The number of carbonyl (C=O) groups excluding carboxylic acids is 1. The summed E-state index contributed by atoms with van der Waals surface area (Å²) in [6.07, 6.45) is 7.45. The van der Waals surface area contributed by atoms with Gasteiger partial charge >= 0.3 is 5.97 Å². The Labute approximate surface area is 228 Å². The summed E-state index contributed by atoms with van der Waals surface area (Å²) in [5.41, 5.74) is 1.75. The summed E-state index contributed by atoms with van der Waals surface area (Å²) >= 11 is 0. The van der Waals surface area contributed by atoms with Crippen molar-refractivity contribution in [1.82, 2.24) is 0 Å². The van der Waals surface area contributed by atoms with Crippen LogP contribution in [0.5, 0.6) is 0 Å². The van der Waals surface area contributed by atoms with Crippen LogP contribution in [0.2, 0.25) is 0 Å². The Hall–Kier alpha value is -0.950. The average Bonchev–Trinajstić information content (AvgIpc) is 3.42. The molecule has 38 heavy (non-hydrogen) atoms. The Kier molecular flexibility index (Phi) is 5.10. The van der Waals surface area contributed by atoms with Gasteiger partial charge in [0.15, 0.2) is 5.79 Å². The first-order valence-electron chi connectivity index (χ1n) is 15.2. The third-order valence-electron chi connectivity index (χ3n) is 13.2. The minimum absolute atomic E-state index is 0.0259. The normalized spacial score (nSPS) is 54.2. The Balaban J connectivity index is 1.31. The lowest BCUT2D eigenvalue weighted by Crippen LogP contribution is -2.52. The quantitative estimate of drug-likeness (QED) is 0.366. The fourth-order valence-corrected chi connectivity index (χ4v) is 11.7. The molecular formula is C32H48O6. The van der Waals surface area contributed by atoms with Crippen LogP contribution in [0.1, 0.15) is 107 Å². The zero-order valence-electron chi connectivity index (χ0n) is 24.7. The summed E-state index contributed by atoms with van der Waals surface area (Å²) < 4.78 is 26.4. The third-order valence-corrected chi connectivity index (χ3v) is 13.2. The molecule has 6 heteroatoms. The maximum atomic E-state index is 12.5. The van der Waals surface area contributed by atoms with Crippen molar-refractivity contribution in [3.05, 3.63) is 11.1 Å². The van der Waals surface area contributed by atoms with Crippen molar-refractivity contribution in [2.24, 2.45) is 34.0 Å². The molecule has 4 heterocycles. The highest BCUT2D eigenvalue weighted by Crippen LogP contribution is 2.76. The smallest absolute Gasteiger partial charge is 0.303 e. The van der Waals surface area contributed by atoms with Crippen LogP contribution in [0.25, 0.3) is 0 Å². The Morgan fingerprint density at radius 3 is 2.50 bits per heavy atom. The predicted molar refractivity (Wildman–Crippen MR) is 142 cm³/mol. The first-order chi connectivity index (χ1) is 17.6. The molecule has 0 radical (unpaired) electrons. The number of rotatable bonds is 2. The summed E-state index contributed by atoms with van der Waals surface area (Å²) in [6.45, 7) is 17.2. The Morgan fingerprint density at radius 1 is 1.05 bits per heavy atom. The highest BCUT2D eigenvalue weighted by molar-refractivity contribution is 5.66. The second-order valence-corrected chi connectivity index (χ2v) is 15.7. The van der Waals surface area contributed by atoms with Gasteiger partial charge in [-0.05, 0) is 87.9 Å². The maximum absolute atomic E-state index is 12.5. The standard InChI is InChI=1S/C32H48O6/c1-17-15-21-25(28(5,6)35-18(2)33)38-32(36-21)24(17)29(7)13-11-19-16-31-14-12-23(37-31)27(3,4)22(31)10-9-20(19)30(29,8)26(32)34/h17,21-26,34H,9-16H2,1-8H3/t17-,21-,22-,23+,24-,25+,26-,29-,30-,31+,32+/m1/s1. The van der Waals surface area contributed by atoms with Gasteiger partial charge in [-0.3, -0.25) is 4.79 Å². The highest BCUT2D eigenvalue weighted by Gasteiger charge is 2.80. The Bertz CT molecular complexity index is 1110. The van der Waals surface area contributed by atoms with Gasteiger partial charge in [0.1, 0.15) is 17.8 Å². The zero-order chi connectivity index (χ0) is 27.3. The van der Waals surface area contributed by atoms with Gasteiger partial charge in [0.25, 0.3) is 0 Å².